The number of hydrogen-bond donors (Lipinski definition) is 1. The van der Waals surface area contributed by atoms with Gasteiger partial charge in [0.05, 0.1) is 16.8 Å². The minimum atomic E-state index is 0.462. The van der Waals surface area contributed by atoms with Gasteiger partial charge in [-0.05, 0) is 27.4 Å². The van der Waals surface area contributed by atoms with E-state index in [1.54, 1.807) is 7.11 Å². The van der Waals surface area contributed by atoms with E-state index < -0.39 is 0 Å². The molecule has 0 saturated heterocycles. The molecule has 0 unspecified atom stereocenters. The Balaban J connectivity index is 2.44. The van der Waals surface area contributed by atoms with Crippen LogP contribution < -0.4 is 0 Å². The molecule has 20 heavy (non-hydrogen) atoms. The van der Waals surface area contributed by atoms with Crippen LogP contribution in [-0.4, -0.2) is 17.1 Å². The van der Waals surface area contributed by atoms with Gasteiger partial charge in [-0.15, -0.1) is 0 Å². The van der Waals surface area contributed by atoms with Crippen molar-refractivity contribution in [1.82, 2.24) is 9.97 Å². The van der Waals surface area contributed by atoms with Gasteiger partial charge in [-0.3, -0.25) is 0 Å². The molecule has 106 valence electrons. The topological polar surface area (TPSA) is 37.9 Å². The first-order valence-corrected chi connectivity index (χ1v) is 7.61. The highest BCUT2D eigenvalue weighted by Gasteiger charge is 2.08. The first-order chi connectivity index (χ1) is 9.52. The summed E-state index contributed by atoms with van der Waals surface area (Å²) >= 11 is 8.72. The van der Waals surface area contributed by atoms with E-state index >= 15 is 0 Å². The number of halogens is 1. The SMILES string of the molecule is COCc1[nH]c(-c2ccc(C(C)C)cc2)nc(=S)c1Br. The minimum absolute atomic E-state index is 0.462. The number of ether oxygens (including phenoxy) is 1. The second-order valence-electron chi connectivity index (χ2n) is 4.89. The average Bonchev–Trinajstić information content (AvgIpc) is 2.44. The van der Waals surface area contributed by atoms with Crippen LogP contribution in [0.4, 0.5) is 0 Å². The van der Waals surface area contributed by atoms with Crippen molar-refractivity contribution in [3.05, 3.63) is 44.6 Å². The lowest BCUT2D eigenvalue weighted by Crippen LogP contribution is -2.00. The van der Waals surface area contributed by atoms with E-state index in [1.165, 1.54) is 5.56 Å². The van der Waals surface area contributed by atoms with E-state index in [0.29, 0.717) is 17.2 Å². The van der Waals surface area contributed by atoms with Gasteiger partial charge in [-0.1, -0.05) is 50.3 Å². The van der Waals surface area contributed by atoms with Gasteiger partial charge in [0.1, 0.15) is 10.5 Å². The predicted octanol–water partition coefficient (Wildman–Crippen LogP) is 4.84. The molecule has 1 N–H and O–H groups in total. The lowest BCUT2D eigenvalue weighted by atomic mass is 10.0. The van der Waals surface area contributed by atoms with Crippen molar-refractivity contribution >= 4 is 28.1 Å². The first-order valence-electron chi connectivity index (χ1n) is 6.41. The highest BCUT2D eigenvalue weighted by Crippen LogP contribution is 2.23. The van der Waals surface area contributed by atoms with Crippen molar-refractivity contribution in [2.24, 2.45) is 0 Å². The molecule has 0 radical (unpaired) electrons. The van der Waals surface area contributed by atoms with Gasteiger partial charge in [-0.2, -0.15) is 0 Å². The summed E-state index contributed by atoms with van der Waals surface area (Å²) in [6, 6.07) is 8.37. The third kappa shape index (κ3) is 3.34. The lowest BCUT2D eigenvalue weighted by Gasteiger charge is -2.09. The number of rotatable bonds is 4. The number of aromatic amines is 1. The van der Waals surface area contributed by atoms with Gasteiger partial charge >= 0.3 is 0 Å². The Morgan fingerprint density at radius 2 is 1.95 bits per heavy atom. The Kier molecular flexibility index (Phi) is 5.07. The fraction of sp³-hybridized carbons (Fsp3) is 0.333. The Bertz CT molecular complexity index is 650. The van der Waals surface area contributed by atoms with Crippen molar-refractivity contribution in [2.45, 2.75) is 26.4 Å². The van der Waals surface area contributed by atoms with Crippen molar-refractivity contribution in [1.29, 1.82) is 0 Å². The van der Waals surface area contributed by atoms with Crippen molar-refractivity contribution in [2.75, 3.05) is 7.11 Å². The van der Waals surface area contributed by atoms with Crippen LogP contribution in [-0.2, 0) is 11.3 Å². The summed E-state index contributed by atoms with van der Waals surface area (Å²) in [7, 11) is 1.65. The van der Waals surface area contributed by atoms with Gasteiger partial charge in [-0.25, -0.2) is 4.98 Å². The third-order valence-electron chi connectivity index (χ3n) is 3.07. The number of H-pyrrole nitrogens is 1. The van der Waals surface area contributed by atoms with E-state index in [4.69, 9.17) is 17.0 Å². The molecular formula is C15H17BrN2OS. The molecule has 0 aliphatic carbocycles. The van der Waals surface area contributed by atoms with E-state index in [0.717, 1.165) is 21.6 Å². The van der Waals surface area contributed by atoms with E-state index in [2.05, 4.69) is 64.0 Å². The normalized spacial score (nSPS) is 11.1. The Morgan fingerprint density at radius 1 is 1.30 bits per heavy atom. The van der Waals surface area contributed by atoms with E-state index in [9.17, 15) is 0 Å². The van der Waals surface area contributed by atoms with Crippen LogP contribution in [0.5, 0.6) is 0 Å². The maximum Gasteiger partial charge on any atom is 0.144 e. The molecule has 0 bridgehead atoms. The van der Waals surface area contributed by atoms with Gasteiger partial charge in [0, 0.05) is 12.7 Å². The molecular weight excluding hydrogens is 336 g/mol. The van der Waals surface area contributed by atoms with Crippen LogP contribution in [0.25, 0.3) is 11.4 Å². The van der Waals surface area contributed by atoms with Crippen LogP contribution in [0.3, 0.4) is 0 Å². The van der Waals surface area contributed by atoms with Crippen LogP contribution in [0.15, 0.2) is 28.7 Å². The standard InChI is InChI=1S/C15H17BrN2OS/c1-9(2)10-4-6-11(7-5-10)14-17-12(8-19-3)13(16)15(20)18-14/h4-7,9H,8H2,1-3H3,(H,17,18,20). The summed E-state index contributed by atoms with van der Waals surface area (Å²) in [4.78, 5) is 7.69. The molecule has 1 heterocycles. The van der Waals surface area contributed by atoms with Crippen molar-refractivity contribution < 1.29 is 4.74 Å². The Labute approximate surface area is 132 Å². The molecule has 0 fully saturated rings. The van der Waals surface area contributed by atoms with Crippen LogP contribution in [0.1, 0.15) is 31.0 Å². The van der Waals surface area contributed by atoms with Gasteiger partial charge in [0.15, 0.2) is 0 Å². The predicted molar refractivity (Wildman–Crippen MR) is 87.4 cm³/mol. The smallest absolute Gasteiger partial charge is 0.144 e. The van der Waals surface area contributed by atoms with Crippen molar-refractivity contribution in [3.63, 3.8) is 0 Å². The summed E-state index contributed by atoms with van der Waals surface area (Å²) in [5, 5.41) is 0. The molecule has 0 saturated carbocycles. The molecule has 3 nitrogen and oxygen atoms in total. The minimum Gasteiger partial charge on any atom is -0.378 e. The molecule has 2 rings (SSSR count). The number of benzene rings is 1. The van der Waals surface area contributed by atoms with E-state index in [-0.39, 0.29) is 0 Å². The molecule has 5 heteroatoms. The summed E-state index contributed by atoms with van der Waals surface area (Å²) in [6.45, 7) is 4.82. The van der Waals surface area contributed by atoms with Gasteiger partial charge in [0.2, 0.25) is 0 Å². The highest BCUT2D eigenvalue weighted by molar-refractivity contribution is 9.10. The molecule has 0 atom stereocenters. The van der Waals surface area contributed by atoms with Crippen LogP contribution >= 0.6 is 28.1 Å². The maximum atomic E-state index is 5.28. The zero-order valence-electron chi connectivity index (χ0n) is 11.7. The zero-order valence-corrected chi connectivity index (χ0v) is 14.1. The zero-order chi connectivity index (χ0) is 14.7. The second-order valence-corrected chi connectivity index (χ2v) is 6.07. The van der Waals surface area contributed by atoms with E-state index in [1.807, 2.05) is 0 Å². The number of hydrogen-bond acceptors (Lipinski definition) is 3. The quantitative estimate of drug-likeness (QED) is 0.800. The highest BCUT2D eigenvalue weighted by atomic mass is 79.9. The molecule has 0 aliphatic rings. The first kappa shape index (κ1) is 15.4. The maximum absolute atomic E-state index is 5.28. The largest absolute Gasteiger partial charge is 0.378 e. The molecule has 2 aromatic rings. The fourth-order valence-electron chi connectivity index (χ4n) is 1.91. The molecule has 0 spiro atoms. The summed E-state index contributed by atoms with van der Waals surface area (Å²) < 4.78 is 6.50. The van der Waals surface area contributed by atoms with Crippen LogP contribution in [0, 0.1) is 4.64 Å². The van der Waals surface area contributed by atoms with Crippen molar-refractivity contribution in [3.8, 4) is 11.4 Å². The third-order valence-corrected chi connectivity index (χ3v) is 4.49. The summed E-state index contributed by atoms with van der Waals surface area (Å²) in [5.74, 6) is 1.28. The Morgan fingerprint density at radius 3 is 2.50 bits per heavy atom. The number of methoxy groups -OCH3 is 1. The van der Waals surface area contributed by atoms with Crippen LogP contribution in [0.2, 0.25) is 0 Å². The summed E-state index contributed by atoms with van der Waals surface area (Å²) in [5.41, 5.74) is 3.22. The van der Waals surface area contributed by atoms with Gasteiger partial charge < -0.3 is 9.72 Å². The molecule has 0 aliphatic heterocycles. The summed E-state index contributed by atoms with van der Waals surface area (Å²) in [6.07, 6.45) is 0. The number of nitrogens with zero attached hydrogens (tertiary/aromatic N) is 1. The molecule has 1 aromatic carbocycles. The number of aromatic nitrogens is 2. The second kappa shape index (κ2) is 6.61. The molecule has 1 aromatic heterocycles. The number of nitrogens with one attached hydrogen (secondary N) is 1. The Hall–Kier alpha value is -1.04. The average molecular weight is 353 g/mol. The fourth-order valence-corrected chi connectivity index (χ4v) is 2.43. The monoisotopic (exact) mass is 352 g/mol. The lowest BCUT2D eigenvalue weighted by molar-refractivity contribution is 0.181. The molecule has 0 amide bonds. The van der Waals surface area contributed by atoms with Gasteiger partial charge in [0.25, 0.3) is 0 Å².